The Bertz CT molecular complexity index is 1330. The maximum Gasteiger partial charge on any atom is 0.0463 e. The van der Waals surface area contributed by atoms with Crippen molar-refractivity contribution in [3.63, 3.8) is 0 Å². The van der Waals surface area contributed by atoms with Gasteiger partial charge >= 0.3 is 27.7 Å². The number of nitrogens with zero attached hydrogens (tertiary/aromatic N) is 2. The van der Waals surface area contributed by atoms with Crippen molar-refractivity contribution < 1.29 is 47.1 Å². The predicted molar refractivity (Wildman–Crippen MR) is 174 cm³/mol. The van der Waals surface area contributed by atoms with Gasteiger partial charge in [0.05, 0.1) is 6.07 Å². The van der Waals surface area contributed by atoms with Crippen molar-refractivity contribution in [3.05, 3.63) is 152 Å². The summed E-state index contributed by atoms with van der Waals surface area (Å²) in [6.45, 7) is 1.43. The van der Waals surface area contributed by atoms with Crippen molar-refractivity contribution in [1.29, 1.82) is 5.26 Å². The van der Waals surface area contributed by atoms with Gasteiger partial charge in [0.25, 0.3) is 0 Å². The van der Waals surface area contributed by atoms with Crippen LogP contribution in [0.5, 0.6) is 0 Å². The first-order chi connectivity index (χ1) is 21.8. The molecule has 0 heterocycles. The van der Waals surface area contributed by atoms with Gasteiger partial charge in [-0.1, -0.05) is 140 Å². The SMILES string of the molecule is CC#N.[Cl][Pd+].[O-][Cl+3]([O-])([O-])[O-].c1ccc(N(CP(c2ccccc2)c2ccccc2)CP(c2ccccc2)c2ccccc2)cc1. The first kappa shape index (κ1) is 38.5. The molecule has 0 N–H and O–H groups in total. The number of halogens is 2. The monoisotopic (exact) mass is 770 g/mol. The van der Waals surface area contributed by atoms with E-state index in [4.69, 9.17) is 23.9 Å². The second kappa shape index (κ2) is 22.0. The average molecular weight is 772 g/mol. The van der Waals surface area contributed by atoms with Crippen LogP contribution in [-0.4, -0.2) is 12.6 Å². The van der Waals surface area contributed by atoms with Crippen LogP contribution in [0.2, 0.25) is 0 Å². The van der Waals surface area contributed by atoms with Crippen molar-refractivity contribution >= 4 is 52.3 Å². The number of anilines is 1. The molecule has 0 saturated heterocycles. The van der Waals surface area contributed by atoms with E-state index in [1.807, 2.05) is 0 Å². The molecule has 6 nitrogen and oxygen atoms in total. The van der Waals surface area contributed by atoms with Gasteiger partial charge in [-0.05, 0) is 49.2 Å². The van der Waals surface area contributed by atoms with E-state index in [9.17, 15) is 0 Å². The van der Waals surface area contributed by atoms with Crippen molar-refractivity contribution in [3.8, 4) is 6.07 Å². The van der Waals surface area contributed by atoms with E-state index in [0.717, 1.165) is 12.6 Å². The van der Waals surface area contributed by atoms with E-state index in [1.54, 1.807) is 6.07 Å². The Morgan fingerprint density at radius 2 is 0.756 bits per heavy atom. The normalized spacial score (nSPS) is 10.2. The third-order valence-corrected chi connectivity index (χ3v) is 11.0. The first-order valence-electron chi connectivity index (χ1n) is 13.4. The van der Waals surface area contributed by atoms with Crippen LogP contribution in [-0.2, 0) is 18.2 Å². The van der Waals surface area contributed by atoms with Gasteiger partial charge in [-0.2, -0.15) is 5.26 Å². The molecule has 0 fully saturated rings. The Morgan fingerprint density at radius 3 is 0.978 bits per heavy atom. The van der Waals surface area contributed by atoms with Crippen LogP contribution >= 0.6 is 25.4 Å². The van der Waals surface area contributed by atoms with Gasteiger partial charge in [0.15, 0.2) is 0 Å². The molecular formula is C34H32Cl2N2O4P2Pd. The minimum Gasteiger partial charge on any atom is -0.362 e. The number of rotatable bonds is 9. The zero-order chi connectivity index (χ0) is 32.9. The molecule has 5 aromatic rings. The molecule has 0 aromatic heterocycles. The van der Waals surface area contributed by atoms with E-state index >= 15 is 0 Å². The largest absolute Gasteiger partial charge is 0.362 e. The molecule has 0 spiro atoms. The molecule has 0 aliphatic carbocycles. The summed E-state index contributed by atoms with van der Waals surface area (Å²) >= 11 is 2.22. The van der Waals surface area contributed by atoms with Crippen LogP contribution in [0.25, 0.3) is 0 Å². The fourth-order valence-electron chi connectivity index (χ4n) is 4.24. The summed E-state index contributed by atoms with van der Waals surface area (Å²) in [5, 5.41) is 13.0. The van der Waals surface area contributed by atoms with Gasteiger partial charge in [-0.3, -0.25) is 0 Å². The first-order valence-corrected chi connectivity index (χ1v) is 19.7. The maximum absolute atomic E-state index is 8.49. The molecule has 5 rings (SSSR count). The summed E-state index contributed by atoms with van der Waals surface area (Å²) in [6.07, 6.45) is 1.96. The summed E-state index contributed by atoms with van der Waals surface area (Å²) < 4.78 is 34.0. The van der Waals surface area contributed by atoms with Crippen LogP contribution in [0.3, 0.4) is 0 Å². The maximum atomic E-state index is 8.49. The number of benzene rings is 5. The van der Waals surface area contributed by atoms with Crippen LogP contribution < -0.4 is 44.8 Å². The van der Waals surface area contributed by atoms with E-state index < -0.39 is 26.1 Å². The second-order valence-electron chi connectivity index (χ2n) is 8.96. The summed E-state index contributed by atoms with van der Waals surface area (Å²) in [6, 6.07) is 56.8. The summed E-state index contributed by atoms with van der Waals surface area (Å²) in [5.74, 6) is 0. The molecule has 11 heteroatoms. The minimum atomic E-state index is -4.94. The summed E-state index contributed by atoms with van der Waals surface area (Å²) in [7, 11) is -1.55. The molecule has 0 bridgehead atoms. The topological polar surface area (TPSA) is 119 Å². The van der Waals surface area contributed by atoms with E-state index in [0.29, 0.717) is 0 Å². The quantitative estimate of drug-likeness (QED) is 0.168. The molecule has 0 radical (unpaired) electrons. The Hall–Kier alpha value is -2.67. The van der Waals surface area contributed by atoms with Crippen molar-refractivity contribution in [2.45, 2.75) is 6.92 Å². The van der Waals surface area contributed by atoms with Gasteiger partial charge in [0, 0.05) is 25.2 Å². The Balaban J connectivity index is 0.000000624. The molecule has 5 aromatic carbocycles. The third-order valence-electron chi connectivity index (χ3n) is 6.02. The van der Waals surface area contributed by atoms with Crippen molar-refractivity contribution in [2.75, 3.05) is 17.5 Å². The van der Waals surface area contributed by atoms with Gasteiger partial charge < -0.3 is 4.90 Å². The van der Waals surface area contributed by atoms with Gasteiger partial charge in [-0.15, -0.1) is 10.2 Å². The number of hydrogen-bond acceptors (Lipinski definition) is 6. The molecule has 0 saturated carbocycles. The van der Waals surface area contributed by atoms with Crippen LogP contribution in [0.4, 0.5) is 5.69 Å². The van der Waals surface area contributed by atoms with Crippen LogP contribution in [0, 0.1) is 21.6 Å². The van der Waals surface area contributed by atoms with E-state index in [2.05, 4.69) is 184 Å². The van der Waals surface area contributed by atoms with Crippen molar-refractivity contribution in [2.24, 2.45) is 0 Å². The van der Waals surface area contributed by atoms with Gasteiger partial charge in [0.1, 0.15) is 0 Å². The number of para-hydroxylation sites is 1. The van der Waals surface area contributed by atoms with E-state index in [-0.39, 0.29) is 0 Å². The average Bonchev–Trinajstić information content (AvgIpc) is 3.07. The Kier molecular flexibility index (Phi) is 18.8. The molecule has 0 amide bonds. The molecule has 45 heavy (non-hydrogen) atoms. The minimum absolute atomic E-state index is 0.546. The zero-order valence-corrected chi connectivity index (χ0v) is 29.2. The molecule has 0 aliphatic rings. The fourth-order valence-corrected chi connectivity index (χ4v) is 8.99. The molecule has 236 valence electrons. The fraction of sp³-hybridized carbons (Fsp3) is 0.0882. The zero-order valence-electron chi connectivity index (χ0n) is 24.3. The smallest absolute Gasteiger partial charge is 0.0463 e. The standard InChI is InChI=1S/C32H29NP2.C2H3N.ClHO4.ClH.Pd/c1-6-16-28(17-7-1)33(26-34(29-18-8-2-9-19-29)30-20-10-3-11-21-30)27-35(31-22-12-4-13-23-31)32-24-14-5-15-25-32;1-2-3;2-1(3,4)5;;/h1-25H,26-27H2;1H3;(H,2,3,4,5);1H;/q;;;;+2/p-2. The van der Waals surface area contributed by atoms with E-state index in [1.165, 1.54) is 33.8 Å². The van der Waals surface area contributed by atoms with Crippen LogP contribution in [0.1, 0.15) is 6.92 Å². The van der Waals surface area contributed by atoms with Gasteiger partial charge in [-0.25, -0.2) is 18.6 Å². The summed E-state index contributed by atoms with van der Waals surface area (Å²) in [4.78, 5) is 2.62. The number of hydrogen-bond donors (Lipinski definition) is 0. The third kappa shape index (κ3) is 15.0. The predicted octanol–water partition coefficient (Wildman–Crippen LogP) is 3.13. The van der Waals surface area contributed by atoms with Gasteiger partial charge in [0.2, 0.25) is 0 Å². The molecular weight excluding hydrogens is 740 g/mol. The molecule has 0 aliphatic heterocycles. The number of nitriles is 1. The molecule has 0 unspecified atom stereocenters. The second-order valence-corrected chi connectivity index (χ2v) is 14.1. The summed E-state index contributed by atoms with van der Waals surface area (Å²) in [5.41, 5.74) is 1.28. The van der Waals surface area contributed by atoms with Crippen molar-refractivity contribution in [1.82, 2.24) is 0 Å². The Labute approximate surface area is 285 Å². The Morgan fingerprint density at radius 1 is 0.556 bits per heavy atom. The molecule has 0 atom stereocenters. The van der Waals surface area contributed by atoms with Crippen LogP contribution in [0.15, 0.2) is 152 Å².